The van der Waals surface area contributed by atoms with Crippen LogP contribution in [0.2, 0.25) is 0 Å². The van der Waals surface area contributed by atoms with Crippen LogP contribution in [0.1, 0.15) is 11.1 Å². The van der Waals surface area contributed by atoms with E-state index in [0.717, 1.165) is 11.1 Å². The van der Waals surface area contributed by atoms with Gasteiger partial charge in [0.2, 0.25) is 5.91 Å². The third-order valence-corrected chi connectivity index (χ3v) is 4.35. The summed E-state index contributed by atoms with van der Waals surface area (Å²) < 4.78 is 0. The summed E-state index contributed by atoms with van der Waals surface area (Å²) >= 11 is 1.26. The quantitative estimate of drug-likeness (QED) is 0.404. The number of thiazole rings is 1. The van der Waals surface area contributed by atoms with Gasteiger partial charge < -0.3 is 0 Å². The molecule has 1 heterocycles. The molecule has 0 saturated carbocycles. The fourth-order valence-corrected chi connectivity index (χ4v) is 2.96. The first kappa shape index (κ1) is 17.5. The minimum absolute atomic E-state index is 0.00196. The molecular weight excluding hydrogens is 350 g/mol. The van der Waals surface area contributed by atoms with Crippen LogP contribution in [-0.2, 0) is 4.79 Å². The maximum Gasteiger partial charge on any atom is 0.270 e. The van der Waals surface area contributed by atoms with Crippen LogP contribution in [0.25, 0.3) is 17.3 Å². The zero-order valence-corrected chi connectivity index (χ0v) is 14.7. The highest BCUT2D eigenvalue weighted by molar-refractivity contribution is 7.14. The number of hydrogen-bond donors (Lipinski definition) is 1. The second-order valence-corrected chi connectivity index (χ2v) is 6.44. The van der Waals surface area contributed by atoms with Crippen molar-refractivity contribution < 1.29 is 9.72 Å². The summed E-state index contributed by atoms with van der Waals surface area (Å²) in [5.41, 5.74) is 3.30. The molecule has 0 fully saturated rings. The number of carbonyl (C=O) groups excluding carboxylic acids is 1. The predicted molar refractivity (Wildman–Crippen MR) is 103 cm³/mol. The summed E-state index contributed by atoms with van der Waals surface area (Å²) in [6.45, 7) is 2.00. The van der Waals surface area contributed by atoms with Crippen molar-refractivity contribution in [1.82, 2.24) is 4.98 Å². The van der Waals surface area contributed by atoms with Crippen LogP contribution in [-0.4, -0.2) is 15.8 Å². The molecule has 0 aliphatic heterocycles. The van der Waals surface area contributed by atoms with Gasteiger partial charge in [-0.25, -0.2) is 4.98 Å². The van der Waals surface area contributed by atoms with Crippen LogP contribution in [0.15, 0.2) is 60.0 Å². The molecule has 0 saturated heterocycles. The van der Waals surface area contributed by atoms with Gasteiger partial charge in [-0.3, -0.25) is 20.2 Å². The van der Waals surface area contributed by atoms with Gasteiger partial charge in [0.25, 0.3) is 5.69 Å². The Hall–Kier alpha value is -3.32. The topological polar surface area (TPSA) is 85.1 Å². The Labute approximate surface area is 154 Å². The number of carbonyl (C=O) groups is 1. The van der Waals surface area contributed by atoms with Crippen molar-refractivity contribution in [2.45, 2.75) is 6.92 Å². The average molecular weight is 365 g/mol. The standard InChI is InChI=1S/C19H15N3O3S/c1-13-5-7-14(8-6-13)9-10-18(23)21-19-20-17(12-26-19)15-3-2-4-16(11-15)22(24)25/h2-12H,1H3,(H,20,21,23)/b10-9-. The van der Waals surface area contributed by atoms with Gasteiger partial charge in [-0.2, -0.15) is 0 Å². The molecule has 1 aromatic heterocycles. The number of benzene rings is 2. The van der Waals surface area contributed by atoms with Crippen molar-refractivity contribution in [2.24, 2.45) is 0 Å². The second-order valence-electron chi connectivity index (χ2n) is 5.58. The summed E-state index contributed by atoms with van der Waals surface area (Å²) in [5, 5.41) is 15.7. The third-order valence-electron chi connectivity index (χ3n) is 3.59. The van der Waals surface area contributed by atoms with E-state index in [1.807, 2.05) is 31.2 Å². The molecular formula is C19H15N3O3S. The molecule has 7 heteroatoms. The largest absolute Gasteiger partial charge is 0.298 e. The molecule has 0 unspecified atom stereocenters. The number of nitro groups is 1. The van der Waals surface area contributed by atoms with Crippen molar-refractivity contribution in [1.29, 1.82) is 0 Å². The number of anilines is 1. The molecule has 0 radical (unpaired) electrons. The Kier molecular flexibility index (Phi) is 5.19. The fraction of sp³-hybridized carbons (Fsp3) is 0.0526. The van der Waals surface area contributed by atoms with E-state index in [0.29, 0.717) is 16.4 Å². The molecule has 6 nitrogen and oxygen atoms in total. The van der Waals surface area contributed by atoms with Gasteiger partial charge in [-0.05, 0) is 18.6 Å². The first-order valence-corrected chi connectivity index (χ1v) is 8.65. The first-order chi connectivity index (χ1) is 12.5. The molecule has 130 valence electrons. The number of rotatable bonds is 5. The summed E-state index contributed by atoms with van der Waals surface area (Å²) in [5.74, 6) is -0.287. The fourth-order valence-electron chi connectivity index (χ4n) is 2.24. The molecule has 2 aromatic carbocycles. The Morgan fingerprint density at radius 3 is 2.73 bits per heavy atom. The lowest BCUT2D eigenvalue weighted by Crippen LogP contribution is -2.07. The van der Waals surface area contributed by atoms with E-state index in [-0.39, 0.29) is 11.6 Å². The predicted octanol–water partition coefficient (Wildman–Crippen LogP) is 4.68. The number of non-ortho nitro benzene ring substituents is 1. The zero-order chi connectivity index (χ0) is 18.5. The van der Waals surface area contributed by atoms with E-state index < -0.39 is 4.92 Å². The smallest absolute Gasteiger partial charge is 0.270 e. The molecule has 1 amide bonds. The molecule has 1 N–H and O–H groups in total. The van der Waals surface area contributed by atoms with Crippen LogP contribution in [0.5, 0.6) is 0 Å². The number of aromatic nitrogens is 1. The van der Waals surface area contributed by atoms with E-state index in [1.54, 1.807) is 23.6 Å². The van der Waals surface area contributed by atoms with E-state index in [9.17, 15) is 14.9 Å². The number of nitro benzene ring substituents is 1. The molecule has 0 spiro atoms. The monoisotopic (exact) mass is 365 g/mol. The first-order valence-electron chi connectivity index (χ1n) is 7.77. The van der Waals surface area contributed by atoms with Crippen molar-refractivity contribution in [3.05, 3.63) is 81.2 Å². The number of nitrogens with zero attached hydrogens (tertiary/aromatic N) is 2. The number of amides is 1. The third kappa shape index (κ3) is 4.40. The number of hydrogen-bond acceptors (Lipinski definition) is 5. The lowest BCUT2D eigenvalue weighted by molar-refractivity contribution is -0.384. The Bertz CT molecular complexity index is 978. The van der Waals surface area contributed by atoms with E-state index in [2.05, 4.69) is 10.3 Å². The minimum atomic E-state index is -0.450. The highest BCUT2D eigenvalue weighted by Gasteiger charge is 2.10. The van der Waals surface area contributed by atoms with Crippen molar-refractivity contribution in [3.63, 3.8) is 0 Å². The van der Waals surface area contributed by atoms with Gasteiger partial charge in [-0.15, -0.1) is 11.3 Å². The summed E-state index contributed by atoms with van der Waals surface area (Å²) in [4.78, 5) is 26.8. The SMILES string of the molecule is Cc1ccc(/C=C\C(=O)Nc2nc(-c3cccc([N+](=O)[O-])c3)cs2)cc1. The number of aryl methyl sites for hydroxylation is 1. The Morgan fingerprint density at radius 2 is 2.00 bits per heavy atom. The maximum atomic E-state index is 12.0. The van der Waals surface area contributed by atoms with Crippen LogP contribution >= 0.6 is 11.3 Å². The van der Waals surface area contributed by atoms with Gasteiger partial charge in [0.1, 0.15) is 0 Å². The molecule has 0 aliphatic rings. The van der Waals surface area contributed by atoms with Gasteiger partial charge >= 0.3 is 0 Å². The van der Waals surface area contributed by atoms with Crippen molar-refractivity contribution >= 4 is 34.1 Å². The van der Waals surface area contributed by atoms with Crippen molar-refractivity contribution in [3.8, 4) is 11.3 Å². The maximum absolute atomic E-state index is 12.0. The van der Waals surface area contributed by atoms with Gasteiger partial charge in [-0.1, -0.05) is 42.0 Å². The van der Waals surface area contributed by atoms with Crippen molar-refractivity contribution in [2.75, 3.05) is 5.32 Å². The van der Waals surface area contributed by atoms with Gasteiger partial charge in [0.15, 0.2) is 5.13 Å². The Morgan fingerprint density at radius 1 is 1.23 bits per heavy atom. The molecule has 26 heavy (non-hydrogen) atoms. The van der Waals surface area contributed by atoms with Gasteiger partial charge in [0.05, 0.1) is 10.6 Å². The van der Waals surface area contributed by atoms with Gasteiger partial charge in [0, 0.05) is 29.2 Å². The lowest BCUT2D eigenvalue weighted by atomic mass is 10.1. The minimum Gasteiger partial charge on any atom is -0.298 e. The van der Waals surface area contributed by atoms with Crippen LogP contribution in [0, 0.1) is 17.0 Å². The molecule has 3 aromatic rings. The summed E-state index contributed by atoms with van der Waals surface area (Å²) in [6, 6.07) is 14.0. The molecule has 3 rings (SSSR count). The van der Waals surface area contributed by atoms with Crippen LogP contribution in [0.4, 0.5) is 10.8 Å². The number of nitrogens with one attached hydrogen (secondary N) is 1. The summed E-state index contributed by atoms with van der Waals surface area (Å²) in [6.07, 6.45) is 3.17. The van der Waals surface area contributed by atoms with Crippen LogP contribution in [0.3, 0.4) is 0 Å². The molecule has 0 bridgehead atoms. The zero-order valence-electron chi connectivity index (χ0n) is 13.9. The Balaban J connectivity index is 1.68. The lowest BCUT2D eigenvalue weighted by Gasteiger charge is -1.98. The molecule has 0 aliphatic carbocycles. The van der Waals surface area contributed by atoms with E-state index in [1.165, 1.54) is 29.5 Å². The van der Waals surface area contributed by atoms with E-state index >= 15 is 0 Å². The highest BCUT2D eigenvalue weighted by Crippen LogP contribution is 2.27. The van der Waals surface area contributed by atoms with E-state index in [4.69, 9.17) is 0 Å². The van der Waals surface area contributed by atoms with Crippen LogP contribution < -0.4 is 5.32 Å². The average Bonchev–Trinajstić information content (AvgIpc) is 3.10. The highest BCUT2D eigenvalue weighted by atomic mass is 32.1. The molecule has 0 atom stereocenters. The second kappa shape index (κ2) is 7.71. The summed E-state index contributed by atoms with van der Waals surface area (Å²) in [7, 11) is 0. The normalized spacial score (nSPS) is 10.8.